The molecule has 1 rings (SSSR count). The van der Waals surface area contributed by atoms with Crippen LogP contribution >= 0.6 is 11.6 Å². The van der Waals surface area contributed by atoms with Crippen molar-refractivity contribution in [3.8, 4) is 0 Å². The van der Waals surface area contributed by atoms with Crippen LogP contribution in [0.3, 0.4) is 0 Å². The van der Waals surface area contributed by atoms with Crippen LogP contribution in [0.4, 0.5) is 0 Å². The Labute approximate surface area is 137 Å². The molecule has 3 N–H and O–H groups in total. The third-order valence-corrected chi connectivity index (χ3v) is 3.69. The van der Waals surface area contributed by atoms with Crippen LogP contribution in [0.2, 0.25) is 5.02 Å². The van der Waals surface area contributed by atoms with Crippen molar-refractivity contribution in [2.24, 2.45) is 4.99 Å². The molecule has 1 aromatic carbocycles. The van der Waals surface area contributed by atoms with Gasteiger partial charge in [0.05, 0.1) is 12.8 Å². The first-order valence-corrected chi connectivity index (χ1v) is 9.39. The molecule has 0 atom stereocenters. The molecule has 124 valence electrons. The molecular formula is C14H23ClN4O2S. The first-order chi connectivity index (χ1) is 10.4. The van der Waals surface area contributed by atoms with E-state index in [0.29, 0.717) is 12.5 Å². The van der Waals surface area contributed by atoms with Gasteiger partial charge in [-0.15, -0.1) is 0 Å². The summed E-state index contributed by atoms with van der Waals surface area (Å²) in [5.74, 6) is 0.673. The van der Waals surface area contributed by atoms with E-state index in [4.69, 9.17) is 11.6 Å². The summed E-state index contributed by atoms with van der Waals surface area (Å²) in [6, 6.07) is 7.72. The third kappa shape index (κ3) is 8.86. The lowest BCUT2D eigenvalue weighted by atomic mass is 10.1. The number of nitrogens with zero attached hydrogens (tertiary/aromatic N) is 1. The Morgan fingerprint density at radius 1 is 1.18 bits per heavy atom. The second kappa shape index (κ2) is 9.66. The molecule has 1 aromatic rings. The van der Waals surface area contributed by atoms with E-state index < -0.39 is 10.0 Å². The maximum absolute atomic E-state index is 11.0. The van der Waals surface area contributed by atoms with E-state index in [1.165, 1.54) is 5.56 Å². The average Bonchev–Trinajstić information content (AvgIpc) is 2.44. The summed E-state index contributed by atoms with van der Waals surface area (Å²) in [5.41, 5.74) is 1.19. The summed E-state index contributed by atoms with van der Waals surface area (Å²) in [6.07, 6.45) is 1.98. The van der Waals surface area contributed by atoms with Gasteiger partial charge in [0, 0.05) is 24.7 Å². The van der Waals surface area contributed by atoms with Gasteiger partial charge in [-0.1, -0.05) is 23.7 Å². The van der Waals surface area contributed by atoms with Crippen LogP contribution in [-0.2, 0) is 16.4 Å². The number of sulfonamides is 1. The van der Waals surface area contributed by atoms with Crippen LogP contribution in [0.25, 0.3) is 0 Å². The molecule has 0 fully saturated rings. The Morgan fingerprint density at radius 3 is 2.45 bits per heavy atom. The van der Waals surface area contributed by atoms with Crippen molar-refractivity contribution >= 4 is 27.6 Å². The summed E-state index contributed by atoms with van der Waals surface area (Å²) < 4.78 is 24.3. The topological polar surface area (TPSA) is 82.6 Å². The number of hydrogen-bond donors (Lipinski definition) is 3. The fraction of sp³-hybridized carbons (Fsp3) is 0.500. The van der Waals surface area contributed by atoms with Gasteiger partial charge in [-0.3, -0.25) is 4.99 Å². The average molecular weight is 347 g/mol. The number of rotatable bonds is 8. The molecule has 0 aliphatic carbocycles. The minimum atomic E-state index is -3.16. The highest BCUT2D eigenvalue weighted by Gasteiger charge is 2.00. The van der Waals surface area contributed by atoms with Crippen molar-refractivity contribution < 1.29 is 8.42 Å². The molecular weight excluding hydrogens is 324 g/mol. The molecule has 0 aliphatic rings. The molecule has 6 nitrogen and oxygen atoms in total. The Balaban J connectivity index is 2.38. The predicted molar refractivity (Wildman–Crippen MR) is 92.0 cm³/mol. The predicted octanol–water partition coefficient (Wildman–Crippen LogP) is 0.987. The van der Waals surface area contributed by atoms with Crippen LogP contribution in [-0.4, -0.2) is 46.8 Å². The minimum absolute atomic E-state index is 0.284. The van der Waals surface area contributed by atoms with Gasteiger partial charge >= 0.3 is 0 Å². The molecule has 0 saturated heterocycles. The molecule has 0 aliphatic heterocycles. The Bertz CT molecular complexity index is 573. The summed E-state index contributed by atoms with van der Waals surface area (Å²) in [7, 11) is -3.16. The number of hydrogen-bond acceptors (Lipinski definition) is 3. The van der Waals surface area contributed by atoms with Crippen molar-refractivity contribution in [2.75, 3.05) is 32.4 Å². The van der Waals surface area contributed by atoms with Crippen molar-refractivity contribution in [2.45, 2.75) is 13.3 Å². The SMILES string of the molecule is CCNC(=NCCNS(C)(=O)=O)NCCc1ccc(Cl)cc1. The van der Waals surface area contributed by atoms with Gasteiger partial charge in [-0.25, -0.2) is 13.1 Å². The highest BCUT2D eigenvalue weighted by molar-refractivity contribution is 7.88. The van der Waals surface area contributed by atoms with Gasteiger partial charge < -0.3 is 10.6 Å². The maximum atomic E-state index is 11.0. The quantitative estimate of drug-likeness (QED) is 0.372. The number of benzene rings is 1. The molecule has 0 heterocycles. The summed E-state index contributed by atoms with van der Waals surface area (Å²) in [6.45, 7) is 4.11. The molecule has 0 unspecified atom stereocenters. The lowest BCUT2D eigenvalue weighted by Crippen LogP contribution is -2.39. The normalized spacial score (nSPS) is 12.2. The molecule has 22 heavy (non-hydrogen) atoms. The van der Waals surface area contributed by atoms with Crippen molar-refractivity contribution in [3.63, 3.8) is 0 Å². The first-order valence-electron chi connectivity index (χ1n) is 7.12. The van der Waals surface area contributed by atoms with E-state index in [-0.39, 0.29) is 6.54 Å². The third-order valence-electron chi connectivity index (χ3n) is 2.71. The highest BCUT2D eigenvalue weighted by Crippen LogP contribution is 2.09. The summed E-state index contributed by atoms with van der Waals surface area (Å²) >= 11 is 5.85. The smallest absolute Gasteiger partial charge is 0.208 e. The van der Waals surface area contributed by atoms with E-state index in [0.717, 1.165) is 30.8 Å². The Morgan fingerprint density at radius 2 is 1.86 bits per heavy atom. The van der Waals surface area contributed by atoms with E-state index in [9.17, 15) is 8.42 Å². The largest absolute Gasteiger partial charge is 0.357 e. The van der Waals surface area contributed by atoms with Gasteiger partial charge in [0.1, 0.15) is 0 Å². The van der Waals surface area contributed by atoms with E-state index in [1.807, 2.05) is 31.2 Å². The van der Waals surface area contributed by atoms with Gasteiger partial charge in [0.15, 0.2) is 5.96 Å². The second-order valence-electron chi connectivity index (χ2n) is 4.73. The molecule has 0 saturated carbocycles. The van der Waals surface area contributed by atoms with E-state index in [2.05, 4.69) is 20.3 Å². The lowest BCUT2D eigenvalue weighted by Gasteiger charge is -2.11. The summed E-state index contributed by atoms with van der Waals surface area (Å²) in [4.78, 5) is 4.31. The van der Waals surface area contributed by atoms with Gasteiger partial charge in [-0.2, -0.15) is 0 Å². The fourth-order valence-electron chi connectivity index (χ4n) is 1.72. The fourth-order valence-corrected chi connectivity index (χ4v) is 2.30. The molecule has 8 heteroatoms. The lowest BCUT2D eigenvalue weighted by molar-refractivity contribution is 0.588. The first kappa shape index (κ1) is 18.7. The number of nitrogens with one attached hydrogen (secondary N) is 3. The molecule has 0 bridgehead atoms. The van der Waals surface area contributed by atoms with Crippen LogP contribution in [0.5, 0.6) is 0 Å². The number of guanidine groups is 1. The zero-order valence-corrected chi connectivity index (χ0v) is 14.5. The molecule has 0 amide bonds. The van der Waals surface area contributed by atoms with Gasteiger partial charge in [0.2, 0.25) is 10.0 Å². The monoisotopic (exact) mass is 346 g/mol. The van der Waals surface area contributed by atoms with Crippen LogP contribution < -0.4 is 15.4 Å². The highest BCUT2D eigenvalue weighted by atomic mass is 35.5. The maximum Gasteiger partial charge on any atom is 0.208 e. The summed E-state index contributed by atoms with van der Waals surface area (Å²) in [5, 5.41) is 7.05. The van der Waals surface area contributed by atoms with E-state index >= 15 is 0 Å². The molecule has 0 aromatic heterocycles. The Kier molecular flexibility index (Phi) is 8.22. The van der Waals surface area contributed by atoms with Crippen molar-refractivity contribution in [1.29, 1.82) is 0 Å². The van der Waals surface area contributed by atoms with Gasteiger partial charge in [0.25, 0.3) is 0 Å². The second-order valence-corrected chi connectivity index (χ2v) is 7.00. The van der Waals surface area contributed by atoms with Crippen LogP contribution in [0.1, 0.15) is 12.5 Å². The van der Waals surface area contributed by atoms with Crippen LogP contribution in [0, 0.1) is 0 Å². The molecule has 0 spiro atoms. The standard InChI is InChI=1S/C14H23ClN4O2S/c1-3-16-14(18-10-11-19-22(2,20)21)17-9-8-12-4-6-13(15)7-5-12/h4-7,19H,3,8-11H2,1-2H3,(H2,16,17,18). The van der Waals surface area contributed by atoms with Crippen LogP contribution in [0.15, 0.2) is 29.3 Å². The zero-order chi connectivity index (χ0) is 16.4. The number of halogens is 1. The minimum Gasteiger partial charge on any atom is -0.357 e. The van der Waals surface area contributed by atoms with Crippen molar-refractivity contribution in [3.05, 3.63) is 34.9 Å². The Hall–Kier alpha value is -1.31. The van der Waals surface area contributed by atoms with Gasteiger partial charge in [-0.05, 0) is 31.0 Å². The number of aliphatic imine (C=N–C) groups is 1. The van der Waals surface area contributed by atoms with E-state index in [1.54, 1.807) is 0 Å². The molecule has 0 radical (unpaired) electrons. The van der Waals surface area contributed by atoms with Crippen molar-refractivity contribution in [1.82, 2.24) is 15.4 Å². The zero-order valence-electron chi connectivity index (χ0n) is 12.9.